The van der Waals surface area contributed by atoms with Gasteiger partial charge in [0.1, 0.15) is 226 Å². The minimum atomic E-state index is -2.47. The van der Waals surface area contributed by atoms with Gasteiger partial charge in [-0.3, -0.25) is 0 Å². The van der Waals surface area contributed by atoms with Gasteiger partial charge in [-0.15, -0.1) is 0 Å². The number of aliphatic hydroxyl groups is 27. The van der Waals surface area contributed by atoms with E-state index in [1.807, 2.05) is 0 Å². The first kappa shape index (κ1) is 95.6. The summed E-state index contributed by atoms with van der Waals surface area (Å²) >= 11 is 0. The summed E-state index contributed by atoms with van der Waals surface area (Å²) in [7, 11) is 0. The fraction of sp³-hybridized carbons (Fsp3) is 0.937. The Bertz CT molecular complexity index is 3300. The van der Waals surface area contributed by atoms with Gasteiger partial charge in [0.25, 0.3) is 5.79 Å². The van der Waals surface area contributed by atoms with E-state index in [9.17, 15) is 177 Å². The molecule has 11 aliphatic heterocycles. The van der Waals surface area contributed by atoms with Crippen molar-refractivity contribution in [1.82, 2.24) is 0 Å². The minimum absolute atomic E-state index is 0.497. The molecule has 119 heavy (non-hydrogen) atoms. The number of aliphatic hydroxyl groups excluding tert-OH is 27. The SMILES string of the molecule is CC1(C(=O)O)OC[C@H]2O[C@@H](OC[C@H]3O[C@H](O[C@H]4[C@H](O)[C@@H](O)[C@H](O[C@H]5[C@H](O)[C@@H](O)[C@H](O[C@H]6[C@H](O)[C@@H](O)[C@H](O[C@H]7[C@H](O)[C@@H](O)[C@H](OC[C@H]8OC(O)[C@H](O)[C@@H](O)[C@@H]8O[C@@H]8O[C@H](CO)[C@@H](O[C@@H]9O[C@H](C(=O)O)[C@@H](O[C@@H]%10O[C@H](C(=O)O)[C@@H](O)[C@H](O)[C@H]%10O)[C@H](O)[C@H]9O)[C@H](O)[C@H]8O)O[C@@H]7CO)O[C@@H]6CO)O[C@@H]5CO)O[C@@H]4C(=O)O)[C@H](O)[C@@H](O)[C@H]3O)[C@H](O)[C@@H](O)[C@@H]2O1. The third-order valence-electron chi connectivity index (χ3n) is 21.8. The van der Waals surface area contributed by atoms with Gasteiger partial charge in [0.2, 0.25) is 0 Å². The maximum atomic E-state index is 12.8. The van der Waals surface area contributed by atoms with Crippen molar-refractivity contribution in [2.75, 3.05) is 46.2 Å². The molecule has 11 heterocycles. The molecule has 0 aromatic heterocycles. The molecular weight excluding hydrogens is 1650 g/mol. The lowest BCUT2D eigenvalue weighted by molar-refractivity contribution is -0.394. The monoisotopic (exact) mass is 1750 g/mol. The molecule has 31 N–H and O–H groups in total. The number of carboxylic acid groups (broad SMARTS) is 4. The van der Waals surface area contributed by atoms with Gasteiger partial charge in [0.05, 0.1) is 46.2 Å². The van der Waals surface area contributed by atoms with Crippen LogP contribution in [0.25, 0.3) is 0 Å². The second kappa shape index (κ2) is 39.5. The van der Waals surface area contributed by atoms with Crippen LogP contribution in [0.2, 0.25) is 0 Å². The summed E-state index contributed by atoms with van der Waals surface area (Å²) in [6, 6.07) is 0. The quantitative estimate of drug-likeness (QED) is 0.0346. The number of carboxylic acids is 4. The number of fused-ring (bicyclic) bond motifs is 1. The Hall–Kier alpha value is -4.04. The molecule has 0 spiro atoms. The Kier molecular flexibility index (Phi) is 31.7. The van der Waals surface area contributed by atoms with Gasteiger partial charge < -0.3 is 258 Å². The van der Waals surface area contributed by atoms with Crippen molar-refractivity contribution in [2.24, 2.45) is 0 Å². The lowest BCUT2D eigenvalue weighted by Crippen LogP contribution is -2.68. The molecule has 51 atom stereocenters. The fourth-order valence-electron chi connectivity index (χ4n) is 14.9. The predicted octanol–water partition coefficient (Wildman–Crippen LogP) is -21.7. The van der Waals surface area contributed by atoms with E-state index < -0.39 is 383 Å². The highest BCUT2D eigenvalue weighted by Crippen LogP contribution is 2.41. The van der Waals surface area contributed by atoms with Crippen LogP contribution in [0.5, 0.6) is 0 Å². The molecular formula is C63H98O56. The predicted molar refractivity (Wildman–Crippen MR) is 345 cm³/mol. The molecule has 2 unspecified atom stereocenters. The van der Waals surface area contributed by atoms with Crippen molar-refractivity contribution >= 4 is 23.9 Å². The molecule has 11 saturated heterocycles. The largest absolute Gasteiger partial charge is 0.479 e. The molecule has 686 valence electrons. The molecule has 0 aliphatic carbocycles. The standard InChI is InChI=1S/C63H98O56/c1-63(62(97)98)101-8-15-43(119-63)25(77)32(84)54(108-15)99-6-13-16(68)17(69)29(81)55(107-13)114-44-26(78)36(88)60(117-47(44)50(92)93)111-40-11(4-66)105-57(34(86)23(40)75)110-39-10(3-65)104-56(33(85)22(39)74)109-38-9(2-64)103-53(31(83)21(38)73)100-7-14-42(20(72)28(80)52(96)102-14)113-58-35(87)24(76)41(12(5-67)106-58)112-61-37(89)27(79)45(48(118-61)51(94)95)115-59-30(82)18(70)19(71)46(116-59)49(90)91/h9-48,52-61,64-89,96H,2-8H2,1H3,(H,90,91)(H,92,93)(H,94,95)(H,97,98)/t9-,10-,11-,12-,13-,14-,15-,16+,17+,18+,19+,20-,21-,22-,23-,24-,25-,26-,27-,28-,29-,30-,31-,32-,33-,34-,35-,36-,37-,38-,39-,40-,41-,42-,43-,44+,45+,46+,47+,48+,52?,53-,54-,55-,56+,57+,58+,59-,60-,61-,63?/m1/s1. The highest BCUT2D eigenvalue weighted by molar-refractivity contribution is 5.75. The third-order valence-corrected chi connectivity index (χ3v) is 21.8. The van der Waals surface area contributed by atoms with Crippen LogP contribution in [0.15, 0.2) is 0 Å². The summed E-state index contributed by atoms with van der Waals surface area (Å²) in [4.78, 5) is 48.6. The summed E-state index contributed by atoms with van der Waals surface area (Å²) in [6.45, 7) is -6.18. The number of carbonyl (C=O) groups is 4. The van der Waals surface area contributed by atoms with E-state index in [4.69, 9.17) is 99.5 Å². The molecule has 11 aliphatic rings. The van der Waals surface area contributed by atoms with Crippen molar-refractivity contribution in [1.29, 1.82) is 0 Å². The van der Waals surface area contributed by atoms with E-state index >= 15 is 0 Å². The van der Waals surface area contributed by atoms with Crippen LogP contribution >= 0.6 is 0 Å². The summed E-state index contributed by atoms with van der Waals surface area (Å²) in [5, 5.41) is 335. The van der Waals surface area contributed by atoms with Gasteiger partial charge in [0.15, 0.2) is 81.2 Å². The summed E-state index contributed by atoms with van der Waals surface area (Å²) < 4.78 is 116. The minimum Gasteiger partial charge on any atom is -0.479 e. The molecule has 0 amide bonds. The highest BCUT2D eigenvalue weighted by atomic mass is 16.8. The molecule has 0 saturated carbocycles. The Labute approximate surface area is 665 Å². The maximum Gasteiger partial charge on any atom is 0.364 e. The number of aliphatic carboxylic acids is 4. The number of ether oxygens (including phenoxy) is 21. The zero-order valence-corrected chi connectivity index (χ0v) is 61.4. The number of hydrogen-bond donors (Lipinski definition) is 31. The molecule has 0 radical (unpaired) electrons. The average molecular weight is 1750 g/mol. The average Bonchev–Trinajstić information content (AvgIpc) is 1.06. The van der Waals surface area contributed by atoms with E-state index in [0.717, 1.165) is 6.92 Å². The smallest absolute Gasteiger partial charge is 0.364 e. The first-order valence-electron chi connectivity index (χ1n) is 36.7. The van der Waals surface area contributed by atoms with Crippen LogP contribution in [0.1, 0.15) is 6.92 Å². The van der Waals surface area contributed by atoms with E-state index in [1.165, 1.54) is 0 Å². The first-order chi connectivity index (χ1) is 56.0. The summed E-state index contributed by atoms with van der Waals surface area (Å²) in [6.07, 6.45) is -109. The highest BCUT2D eigenvalue weighted by Gasteiger charge is 2.63. The molecule has 11 fully saturated rings. The van der Waals surface area contributed by atoms with Gasteiger partial charge in [-0.05, 0) is 0 Å². The van der Waals surface area contributed by atoms with E-state index in [0.29, 0.717) is 0 Å². The second-order valence-corrected chi connectivity index (χ2v) is 29.7. The van der Waals surface area contributed by atoms with Crippen LogP contribution in [0.4, 0.5) is 0 Å². The maximum absolute atomic E-state index is 12.8. The third kappa shape index (κ3) is 19.5. The summed E-state index contributed by atoms with van der Waals surface area (Å²) in [5.74, 6) is -9.67. The molecule has 11 rings (SSSR count). The van der Waals surface area contributed by atoms with Gasteiger partial charge in [0, 0.05) is 6.92 Å². The Morgan fingerprint density at radius 3 is 0.933 bits per heavy atom. The van der Waals surface area contributed by atoms with E-state index in [-0.39, 0.29) is 0 Å². The van der Waals surface area contributed by atoms with Gasteiger partial charge in [-0.1, -0.05) is 0 Å². The zero-order valence-electron chi connectivity index (χ0n) is 61.4. The topological polar surface area (TPSA) is 889 Å². The second-order valence-electron chi connectivity index (χ2n) is 29.7. The normalized spacial score (nSPS) is 52.6. The molecule has 56 nitrogen and oxygen atoms in total. The van der Waals surface area contributed by atoms with Crippen LogP contribution in [-0.2, 0) is 119 Å². The molecule has 0 aromatic carbocycles. The van der Waals surface area contributed by atoms with Gasteiger partial charge in [-0.2, -0.15) is 0 Å². The van der Waals surface area contributed by atoms with Crippen molar-refractivity contribution in [3.05, 3.63) is 0 Å². The Morgan fingerprint density at radius 2 is 0.563 bits per heavy atom. The van der Waals surface area contributed by atoms with Crippen molar-refractivity contribution < 1.29 is 277 Å². The van der Waals surface area contributed by atoms with Crippen molar-refractivity contribution in [2.45, 2.75) is 320 Å². The van der Waals surface area contributed by atoms with Crippen LogP contribution in [-0.4, -0.2) is 541 Å². The summed E-state index contributed by atoms with van der Waals surface area (Å²) in [5.41, 5.74) is 0. The molecule has 56 heteroatoms. The van der Waals surface area contributed by atoms with Crippen molar-refractivity contribution in [3.63, 3.8) is 0 Å². The van der Waals surface area contributed by atoms with E-state index in [1.54, 1.807) is 0 Å². The lowest BCUT2D eigenvalue weighted by Gasteiger charge is -2.49. The lowest BCUT2D eigenvalue weighted by atomic mass is 9.95. The van der Waals surface area contributed by atoms with E-state index in [2.05, 4.69) is 0 Å². The fourth-order valence-corrected chi connectivity index (χ4v) is 14.9. The number of rotatable bonds is 28. The Balaban J connectivity index is 0.667. The molecule has 0 aromatic rings. The van der Waals surface area contributed by atoms with Crippen LogP contribution in [0, 0.1) is 0 Å². The zero-order chi connectivity index (χ0) is 87.5. The van der Waals surface area contributed by atoms with Crippen molar-refractivity contribution in [3.8, 4) is 0 Å². The van der Waals surface area contributed by atoms with Crippen LogP contribution < -0.4 is 0 Å². The van der Waals surface area contributed by atoms with Crippen LogP contribution in [0.3, 0.4) is 0 Å². The van der Waals surface area contributed by atoms with Gasteiger partial charge >= 0.3 is 23.9 Å². The first-order valence-corrected chi connectivity index (χ1v) is 36.7. The van der Waals surface area contributed by atoms with Gasteiger partial charge in [-0.25, -0.2) is 19.2 Å². The Morgan fingerprint density at radius 1 is 0.286 bits per heavy atom. The number of hydrogen-bond acceptors (Lipinski definition) is 52. The molecule has 0 bridgehead atoms.